The lowest BCUT2D eigenvalue weighted by Crippen LogP contribution is -2.09. The molecule has 0 radical (unpaired) electrons. The van der Waals surface area contributed by atoms with E-state index in [9.17, 15) is 0 Å². The van der Waals surface area contributed by atoms with Crippen molar-refractivity contribution in [1.82, 2.24) is 5.32 Å². The fraction of sp³-hybridized carbons (Fsp3) is 1.00. The lowest BCUT2D eigenvalue weighted by atomic mass is 10.0. The first-order valence-corrected chi connectivity index (χ1v) is 4.16. The summed E-state index contributed by atoms with van der Waals surface area (Å²) in [5.41, 5.74) is 0. The van der Waals surface area contributed by atoms with Crippen molar-refractivity contribution in [3.8, 4) is 0 Å². The first kappa shape index (κ1) is 5.72. The van der Waals surface area contributed by atoms with Gasteiger partial charge >= 0.3 is 0 Å². The lowest BCUT2D eigenvalue weighted by molar-refractivity contribution is 0.496. The van der Waals surface area contributed by atoms with Gasteiger partial charge in [0.25, 0.3) is 0 Å². The van der Waals surface area contributed by atoms with Crippen LogP contribution in [0.4, 0.5) is 0 Å². The molecule has 1 aliphatic carbocycles. The van der Waals surface area contributed by atoms with Gasteiger partial charge in [-0.2, -0.15) is 0 Å². The molecule has 0 aromatic heterocycles. The zero-order chi connectivity index (χ0) is 6.10. The Morgan fingerprint density at radius 2 is 2.00 bits per heavy atom. The summed E-state index contributed by atoms with van der Waals surface area (Å²) in [5.74, 6) is 2.17. The van der Waals surface area contributed by atoms with E-state index in [1.54, 1.807) is 0 Å². The molecule has 1 atom stereocenters. The Hall–Kier alpha value is -0.0400. The molecule has 2 fully saturated rings. The molecule has 2 rings (SSSR count). The van der Waals surface area contributed by atoms with E-state index < -0.39 is 0 Å². The largest absolute Gasteiger partial charge is 0.316 e. The van der Waals surface area contributed by atoms with Gasteiger partial charge in [0.05, 0.1) is 0 Å². The normalized spacial score (nSPS) is 35.3. The molecule has 0 unspecified atom stereocenters. The number of nitrogens with one attached hydrogen (secondary N) is 1. The first-order valence-electron chi connectivity index (χ1n) is 4.16. The van der Waals surface area contributed by atoms with Gasteiger partial charge in [0.15, 0.2) is 0 Å². The molecule has 1 aliphatic heterocycles. The van der Waals surface area contributed by atoms with Crippen LogP contribution in [-0.4, -0.2) is 13.1 Å². The second-order valence-electron chi connectivity index (χ2n) is 3.54. The maximum absolute atomic E-state index is 3.41. The standard InChI is InChI=1S/C8H15N/c1-2-7(1)5-8-3-4-9-6-8/h7-9H,1-6H2/t8-/m1/s1. The van der Waals surface area contributed by atoms with Gasteiger partial charge in [-0.25, -0.2) is 0 Å². The highest BCUT2D eigenvalue weighted by molar-refractivity contribution is 4.80. The average molecular weight is 125 g/mol. The Morgan fingerprint density at radius 3 is 2.56 bits per heavy atom. The lowest BCUT2D eigenvalue weighted by Gasteiger charge is -2.04. The molecule has 1 saturated heterocycles. The predicted molar refractivity (Wildman–Crippen MR) is 38.3 cm³/mol. The van der Waals surface area contributed by atoms with Gasteiger partial charge in [0.2, 0.25) is 0 Å². The van der Waals surface area contributed by atoms with Gasteiger partial charge in [-0.3, -0.25) is 0 Å². The smallest absolute Gasteiger partial charge is 0.00199 e. The van der Waals surface area contributed by atoms with E-state index in [1.165, 1.54) is 38.8 Å². The molecule has 0 spiro atoms. The first-order chi connectivity index (χ1) is 4.45. The van der Waals surface area contributed by atoms with Gasteiger partial charge in [0, 0.05) is 0 Å². The van der Waals surface area contributed by atoms with Crippen molar-refractivity contribution in [3.05, 3.63) is 0 Å². The molecule has 0 bridgehead atoms. The zero-order valence-corrected chi connectivity index (χ0v) is 5.90. The molecular formula is C8H15N. The van der Waals surface area contributed by atoms with Crippen LogP contribution in [0.2, 0.25) is 0 Å². The monoisotopic (exact) mass is 125 g/mol. The van der Waals surface area contributed by atoms with E-state index >= 15 is 0 Å². The van der Waals surface area contributed by atoms with Crippen molar-refractivity contribution in [2.45, 2.75) is 25.7 Å². The molecular weight excluding hydrogens is 110 g/mol. The third-order valence-corrected chi connectivity index (χ3v) is 2.53. The summed E-state index contributed by atoms with van der Waals surface area (Å²) in [6.45, 7) is 2.58. The van der Waals surface area contributed by atoms with Crippen LogP contribution < -0.4 is 5.32 Å². The highest BCUT2D eigenvalue weighted by Gasteiger charge is 2.26. The molecule has 0 aromatic rings. The number of hydrogen-bond acceptors (Lipinski definition) is 1. The van der Waals surface area contributed by atoms with Crippen LogP contribution >= 0.6 is 0 Å². The van der Waals surface area contributed by atoms with Gasteiger partial charge in [-0.1, -0.05) is 12.8 Å². The van der Waals surface area contributed by atoms with E-state index in [-0.39, 0.29) is 0 Å². The molecule has 1 heterocycles. The summed E-state index contributed by atoms with van der Waals surface area (Å²) in [4.78, 5) is 0. The second-order valence-corrected chi connectivity index (χ2v) is 3.54. The molecule has 9 heavy (non-hydrogen) atoms. The number of rotatable bonds is 2. The minimum Gasteiger partial charge on any atom is -0.316 e. The molecule has 2 aliphatic rings. The quantitative estimate of drug-likeness (QED) is 0.588. The topological polar surface area (TPSA) is 12.0 Å². The fourth-order valence-electron chi connectivity index (χ4n) is 1.74. The van der Waals surface area contributed by atoms with Crippen molar-refractivity contribution in [2.24, 2.45) is 11.8 Å². The molecule has 1 nitrogen and oxygen atoms in total. The highest BCUT2D eigenvalue weighted by Crippen LogP contribution is 2.36. The van der Waals surface area contributed by atoms with Crippen LogP contribution in [0.1, 0.15) is 25.7 Å². The van der Waals surface area contributed by atoms with Crippen LogP contribution in [0, 0.1) is 11.8 Å². The summed E-state index contributed by atoms with van der Waals surface area (Å²) < 4.78 is 0. The van der Waals surface area contributed by atoms with Crippen LogP contribution in [0.15, 0.2) is 0 Å². The molecule has 1 N–H and O–H groups in total. The Morgan fingerprint density at radius 1 is 1.11 bits per heavy atom. The van der Waals surface area contributed by atoms with Crippen LogP contribution in [-0.2, 0) is 0 Å². The average Bonchev–Trinajstić information content (AvgIpc) is 2.46. The van der Waals surface area contributed by atoms with Gasteiger partial charge in [0.1, 0.15) is 0 Å². The van der Waals surface area contributed by atoms with Crippen LogP contribution in [0.5, 0.6) is 0 Å². The van der Waals surface area contributed by atoms with Gasteiger partial charge in [-0.05, 0) is 37.8 Å². The minimum atomic E-state index is 1.04. The number of hydrogen-bond donors (Lipinski definition) is 1. The third-order valence-electron chi connectivity index (χ3n) is 2.53. The van der Waals surface area contributed by atoms with Crippen LogP contribution in [0.3, 0.4) is 0 Å². The Balaban J connectivity index is 1.70. The predicted octanol–water partition coefficient (Wildman–Crippen LogP) is 1.40. The van der Waals surface area contributed by atoms with Crippen molar-refractivity contribution in [3.63, 3.8) is 0 Å². The zero-order valence-electron chi connectivity index (χ0n) is 5.90. The molecule has 0 aromatic carbocycles. The summed E-state index contributed by atoms with van der Waals surface area (Å²) in [6.07, 6.45) is 6.01. The SMILES string of the molecule is C1C[C@H](CC2CC2)CN1. The highest BCUT2D eigenvalue weighted by atomic mass is 14.9. The molecule has 52 valence electrons. The fourth-order valence-corrected chi connectivity index (χ4v) is 1.74. The van der Waals surface area contributed by atoms with E-state index in [1.807, 2.05) is 0 Å². The van der Waals surface area contributed by atoms with Crippen LogP contribution in [0.25, 0.3) is 0 Å². The Kier molecular flexibility index (Phi) is 1.46. The van der Waals surface area contributed by atoms with E-state index in [0.29, 0.717) is 0 Å². The van der Waals surface area contributed by atoms with E-state index in [2.05, 4.69) is 5.32 Å². The second kappa shape index (κ2) is 2.30. The maximum Gasteiger partial charge on any atom is -0.00199 e. The summed E-state index contributed by atoms with van der Waals surface area (Å²) in [6, 6.07) is 0. The summed E-state index contributed by atoms with van der Waals surface area (Å²) in [5, 5.41) is 3.41. The van der Waals surface area contributed by atoms with Crippen molar-refractivity contribution < 1.29 is 0 Å². The molecule has 0 amide bonds. The Labute approximate surface area is 56.8 Å². The molecule has 1 saturated carbocycles. The summed E-state index contributed by atoms with van der Waals surface area (Å²) in [7, 11) is 0. The third kappa shape index (κ3) is 1.45. The van der Waals surface area contributed by atoms with Gasteiger partial charge < -0.3 is 5.32 Å². The van der Waals surface area contributed by atoms with Crippen molar-refractivity contribution in [1.29, 1.82) is 0 Å². The maximum atomic E-state index is 3.41. The van der Waals surface area contributed by atoms with E-state index in [4.69, 9.17) is 0 Å². The van der Waals surface area contributed by atoms with Gasteiger partial charge in [-0.15, -0.1) is 0 Å². The van der Waals surface area contributed by atoms with Crippen molar-refractivity contribution >= 4 is 0 Å². The van der Waals surface area contributed by atoms with E-state index in [0.717, 1.165) is 11.8 Å². The molecule has 1 heteroatoms. The summed E-state index contributed by atoms with van der Waals surface area (Å²) >= 11 is 0. The Bertz CT molecular complexity index is 90.7. The minimum absolute atomic E-state index is 1.04. The van der Waals surface area contributed by atoms with Crippen molar-refractivity contribution in [2.75, 3.05) is 13.1 Å².